The first-order chi connectivity index (χ1) is 16.8. The first-order valence-electron chi connectivity index (χ1n) is 12.0. The molecule has 0 saturated carbocycles. The predicted octanol–water partition coefficient (Wildman–Crippen LogP) is 2.76. The van der Waals surface area contributed by atoms with Crippen molar-refractivity contribution in [3.8, 4) is 0 Å². The van der Waals surface area contributed by atoms with Gasteiger partial charge in [0.15, 0.2) is 0 Å². The van der Waals surface area contributed by atoms with E-state index in [0.717, 1.165) is 49.6 Å². The summed E-state index contributed by atoms with van der Waals surface area (Å²) in [7, 11) is -0.350. The molecule has 3 aliphatic heterocycles. The minimum atomic E-state index is -3.49. The zero-order valence-electron chi connectivity index (χ0n) is 20.2. The SMILES string of the molecule is CN(C)S(=O)(=O)c1ccc2c(c1)CC(N1CCN(CCN3CCOC3=O)CC1)c1ccccc1S2. The molecule has 3 heterocycles. The molecule has 8 nitrogen and oxygen atoms in total. The van der Waals surface area contributed by atoms with Gasteiger partial charge in [-0.25, -0.2) is 17.5 Å². The van der Waals surface area contributed by atoms with E-state index in [0.29, 0.717) is 24.6 Å². The maximum absolute atomic E-state index is 12.8. The van der Waals surface area contributed by atoms with Crippen molar-refractivity contribution in [1.29, 1.82) is 0 Å². The molecule has 188 valence electrons. The van der Waals surface area contributed by atoms with Crippen LogP contribution in [0.25, 0.3) is 0 Å². The van der Waals surface area contributed by atoms with Crippen LogP contribution in [0.5, 0.6) is 0 Å². The van der Waals surface area contributed by atoms with Gasteiger partial charge in [-0.2, -0.15) is 0 Å². The smallest absolute Gasteiger partial charge is 0.409 e. The highest BCUT2D eigenvalue weighted by Crippen LogP contribution is 2.43. The molecule has 2 fully saturated rings. The van der Waals surface area contributed by atoms with Crippen molar-refractivity contribution < 1.29 is 17.9 Å². The Morgan fingerprint density at radius 2 is 1.77 bits per heavy atom. The van der Waals surface area contributed by atoms with E-state index in [1.165, 1.54) is 14.8 Å². The molecule has 35 heavy (non-hydrogen) atoms. The molecule has 1 unspecified atom stereocenters. The lowest BCUT2D eigenvalue weighted by atomic mass is 9.96. The van der Waals surface area contributed by atoms with Crippen molar-refractivity contribution in [2.75, 3.05) is 66.5 Å². The van der Waals surface area contributed by atoms with Gasteiger partial charge in [0.1, 0.15) is 6.61 Å². The van der Waals surface area contributed by atoms with Gasteiger partial charge in [-0.1, -0.05) is 30.0 Å². The molecule has 0 aromatic heterocycles. The molecule has 3 aliphatic rings. The van der Waals surface area contributed by atoms with E-state index in [2.05, 4.69) is 34.1 Å². The molecule has 0 N–H and O–H groups in total. The standard InChI is InChI=1S/C25H32N4O4S2/c1-26(2)35(31,32)20-7-8-23-19(17-20)18-22(21-5-3-4-6-24(21)34-23)28-12-9-27(10-13-28)11-14-29-15-16-33-25(29)30/h3-8,17,22H,9-16,18H2,1-2H3. The molecule has 5 rings (SSSR count). The van der Waals surface area contributed by atoms with Crippen LogP contribution in [0.1, 0.15) is 17.2 Å². The van der Waals surface area contributed by atoms with Crippen LogP contribution in [0.2, 0.25) is 0 Å². The van der Waals surface area contributed by atoms with Crippen LogP contribution in [0.3, 0.4) is 0 Å². The van der Waals surface area contributed by atoms with E-state index in [1.807, 2.05) is 12.1 Å². The molecular formula is C25H32N4O4S2. The molecular weight excluding hydrogens is 484 g/mol. The number of cyclic esters (lactones) is 1. The quantitative estimate of drug-likeness (QED) is 0.585. The maximum atomic E-state index is 12.8. The third kappa shape index (κ3) is 5.08. The Morgan fingerprint density at radius 3 is 2.49 bits per heavy atom. The average molecular weight is 517 g/mol. The van der Waals surface area contributed by atoms with Crippen molar-refractivity contribution >= 4 is 27.9 Å². The molecule has 0 radical (unpaired) electrons. The van der Waals surface area contributed by atoms with Gasteiger partial charge in [0.2, 0.25) is 10.0 Å². The first kappa shape index (κ1) is 24.6. The van der Waals surface area contributed by atoms with Gasteiger partial charge in [0.05, 0.1) is 11.4 Å². The second kappa shape index (κ2) is 10.1. The van der Waals surface area contributed by atoms with Crippen LogP contribution in [0.15, 0.2) is 57.2 Å². The van der Waals surface area contributed by atoms with E-state index >= 15 is 0 Å². The highest BCUT2D eigenvalue weighted by Gasteiger charge is 2.31. The van der Waals surface area contributed by atoms with Gasteiger partial charge in [0, 0.05) is 69.2 Å². The van der Waals surface area contributed by atoms with Crippen LogP contribution in [-0.2, 0) is 21.2 Å². The molecule has 2 aromatic carbocycles. The van der Waals surface area contributed by atoms with Crippen LogP contribution in [0, 0.1) is 0 Å². The molecule has 0 aliphatic carbocycles. The zero-order valence-corrected chi connectivity index (χ0v) is 21.9. The Bertz CT molecular complexity index is 1200. The van der Waals surface area contributed by atoms with Crippen molar-refractivity contribution in [3.63, 3.8) is 0 Å². The lowest BCUT2D eigenvalue weighted by molar-refractivity contribution is 0.0888. The number of carbonyl (C=O) groups is 1. The second-order valence-electron chi connectivity index (χ2n) is 9.40. The number of hydrogen-bond donors (Lipinski definition) is 0. The molecule has 1 atom stereocenters. The topological polar surface area (TPSA) is 73.4 Å². The van der Waals surface area contributed by atoms with Crippen molar-refractivity contribution in [3.05, 3.63) is 53.6 Å². The predicted molar refractivity (Wildman–Crippen MR) is 135 cm³/mol. The van der Waals surface area contributed by atoms with Crippen LogP contribution >= 0.6 is 11.8 Å². The van der Waals surface area contributed by atoms with Crippen molar-refractivity contribution in [1.82, 2.24) is 19.0 Å². The minimum Gasteiger partial charge on any atom is -0.448 e. The number of carbonyl (C=O) groups excluding carboxylic acids is 1. The zero-order chi connectivity index (χ0) is 24.6. The van der Waals surface area contributed by atoms with E-state index < -0.39 is 10.0 Å². The summed E-state index contributed by atoms with van der Waals surface area (Å²) in [5.74, 6) is 0. The normalized spacial score (nSPS) is 21.5. The molecule has 1 amide bonds. The molecule has 2 aromatic rings. The van der Waals surface area contributed by atoms with E-state index in [-0.39, 0.29) is 12.1 Å². The van der Waals surface area contributed by atoms with Gasteiger partial charge in [0.25, 0.3) is 0 Å². The number of piperazine rings is 1. The van der Waals surface area contributed by atoms with Crippen LogP contribution in [-0.4, -0.2) is 100 Å². The average Bonchev–Trinajstić information content (AvgIpc) is 3.19. The van der Waals surface area contributed by atoms with Gasteiger partial charge < -0.3 is 9.64 Å². The fourth-order valence-electron chi connectivity index (χ4n) is 4.99. The molecule has 2 saturated heterocycles. The van der Waals surface area contributed by atoms with Gasteiger partial charge >= 0.3 is 6.09 Å². The number of sulfonamides is 1. The number of rotatable bonds is 6. The summed E-state index contributed by atoms with van der Waals surface area (Å²) in [6.45, 7) is 6.48. The summed E-state index contributed by atoms with van der Waals surface area (Å²) in [4.78, 5) is 21.1. The van der Waals surface area contributed by atoms with Gasteiger partial charge in [-0.05, 0) is 41.8 Å². The number of ether oxygens (including phenoxy) is 1. The molecule has 0 spiro atoms. The third-order valence-electron chi connectivity index (χ3n) is 7.10. The molecule has 0 bridgehead atoms. The summed E-state index contributed by atoms with van der Waals surface area (Å²) in [6, 6.07) is 14.3. The van der Waals surface area contributed by atoms with Crippen molar-refractivity contribution in [2.24, 2.45) is 0 Å². The number of benzene rings is 2. The van der Waals surface area contributed by atoms with Gasteiger partial charge in [-0.15, -0.1) is 0 Å². The Hall–Kier alpha value is -2.11. The Balaban J connectivity index is 1.34. The third-order valence-corrected chi connectivity index (χ3v) is 10.1. The second-order valence-corrected chi connectivity index (χ2v) is 12.6. The van der Waals surface area contributed by atoms with E-state index in [1.54, 1.807) is 36.8 Å². The summed E-state index contributed by atoms with van der Waals surface area (Å²) in [5.41, 5.74) is 2.38. The monoisotopic (exact) mass is 516 g/mol. The van der Waals surface area contributed by atoms with E-state index in [4.69, 9.17) is 4.74 Å². The number of fused-ring (bicyclic) bond motifs is 2. The molecule has 10 heteroatoms. The number of nitrogens with zero attached hydrogens (tertiary/aromatic N) is 4. The summed E-state index contributed by atoms with van der Waals surface area (Å²) in [5, 5.41) is 0. The Labute approximate surface area is 211 Å². The van der Waals surface area contributed by atoms with Gasteiger partial charge in [-0.3, -0.25) is 9.80 Å². The highest BCUT2D eigenvalue weighted by atomic mass is 32.2. The minimum absolute atomic E-state index is 0.188. The largest absolute Gasteiger partial charge is 0.448 e. The van der Waals surface area contributed by atoms with Crippen LogP contribution in [0.4, 0.5) is 4.79 Å². The fourth-order valence-corrected chi connectivity index (χ4v) is 7.05. The Morgan fingerprint density at radius 1 is 1.00 bits per heavy atom. The summed E-state index contributed by atoms with van der Waals surface area (Å²) >= 11 is 1.73. The number of hydrogen-bond acceptors (Lipinski definition) is 7. The maximum Gasteiger partial charge on any atom is 0.409 e. The first-order valence-corrected chi connectivity index (χ1v) is 14.3. The van der Waals surface area contributed by atoms with Crippen molar-refractivity contribution in [2.45, 2.75) is 27.1 Å². The van der Waals surface area contributed by atoms with Crippen LogP contribution < -0.4 is 0 Å². The Kier molecular flexibility index (Phi) is 7.09. The summed E-state index contributed by atoms with van der Waals surface area (Å²) in [6.07, 6.45) is 0.570. The number of amides is 1. The fraction of sp³-hybridized carbons (Fsp3) is 0.480. The lowest BCUT2D eigenvalue weighted by Crippen LogP contribution is -2.49. The lowest BCUT2D eigenvalue weighted by Gasteiger charge is -2.40. The van der Waals surface area contributed by atoms with E-state index in [9.17, 15) is 13.2 Å². The summed E-state index contributed by atoms with van der Waals surface area (Å²) < 4.78 is 31.9. The highest BCUT2D eigenvalue weighted by molar-refractivity contribution is 7.99.